The van der Waals surface area contributed by atoms with Crippen molar-refractivity contribution in [2.45, 2.75) is 19.4 Å². The molecule has 0 fully saturated rings. The van der Waals surface area contributed by atoms with E-state index in [0.717, 1.165) is 21.8 Å². The molecule has 0 bridgehead atoms. The summed E-state index contributed by atoms with van der Waals surface area (Å²) >= 11 is 6.01. The average molecular weight is 266 g/mol. The largest absolute Gasteiger partial charge is 0.271 e. The highest BCUT2D eigenvalue weighted by molar-refractivity contribution is 6.31. The molecule has 0 saturated carbocycles. The monoisotopic (exact) mass is 265 g/mol. The molecule has 1 aromatic heterocycles. The lowest BCUT2D eigenvalue weighted by molar-refractivity contribution is 0.545. The van der Waals surface area contributed by atoms with Crippen LogP contribution in [0.4, 0.5) is 0 Å². The van der Waals surface area contributed by atoms with Gasteiger partial charge in [-0.25, -0.2) is 0 Å². The van der Waals surface area contributed by atoms with E-state index >= 15 is 0 Å². The number of hydrogen-bond donors (Lipinski definition) is 2. The van der Waals surface area contributed by atoms with Gasteiger partial charge in [0, 0.05) is 24.7 Å². The highest BCUT2D eigenvalue weighted by Gasteiger charge is 2.13. The summed E-state index contributed by atoms with van der Waals surface area (Å²) in [5.74, 6) is 5.61. The number of benzene rings is 1. The fourth-order valence-corrected chi connectivity index (χ4v) is 1.97. The normalized spacial score (nSPS) is 12.7. The quantitative estimate of drug-likeness (QED) is 0.650. The summed E-state index contributed by atoms with van der Waals surface area (Å²) in [5.41, 5.74) is 5.82. The smallest absolute Gasteiger partial charge is 0.0846 e. The third kappa shape index (κ3) is 2.87. The van der Waals surface area contributed by atoms with E-state index in [0.29, 0.717) is 6.42 Å². The number of hydrazine groups is 1. The number of aromatic nitrogens is 3. The van der Waals surface area contributed by atoms with Crippen LogP contribution in [0.3, 0.4) is 0 Å². The van der Waals surface area contributed by atoms with Crippen molar-refractivity contribution in [1.82, 2.24) is 20.4 Å². The SMILES string of the molecule is Cc1cc(C(Cc2cn(C)nn2)NN)ccc1Cl. The lowest BCUT2D eigenvalue weighted by Gasteiger charge is -2.15. The molecule has 1 unspecified atom stereocenters. The molecule has 0 aliphatic heterocycles. The van der Waals surface area contributed by atoms with E-state index in [-0.39, 0.29) is 6.04 Å². The predicted octanol–water partition coefficient (Wildman–Crippen LogP) is 1.52. The number of nitrogens with one attached hydrogen (secondary N) is 1. The Balaban J connectivity index is 2.19. The molecule has 2 aromatic rings. The van der Waals surface area contributed by atoms with Crippen molar-refractivity contribution < 1.29 is 0 Å². The third-order valence-corrected chi connectivity index (χ3v) is 3.27. The van der Waals surface area contributed by atoms with Crippen molar-refractivity contribution in [3.05, 3.63) is 46.2 Å². The summed E-state index contributed by atoms with van der Waals surface area (Å²) < 4.78 is 1.68. The minimum absolute atomic E-state index is 0.00216. The van der Waals surface area contributed by atoms with E-state index in [1.807, 2.05) is 38.4 Å². The molecule has 96 valence electrons. The number of aryl methyl sites for hydroxylation is 2. The van der Waals surface area contributed by atoms with Gasteiger partial charge in [0.05, 0.1) is 11.7 Å². The number of hydrogen-bond acceptors (Lipinski definition) is 4. The molecule has 18 heavy (non-hydrogen) atoms. The van der Waals surface area contributed by atoms with Gasteiger partial charge in [0.25, 0.3) is 0 Å². The number of halogens is 1. The molecule has 0 aliphatic rings. The Morgan fingerprint density at radius 2 is 2.28 bits per heavy atom. The average Bonchev–Trinajstić information content (AvgIpc) is 2.75. The Bertz CT molecular complexity index is 537. The first-order chi connectivity index (χ1) is 8.60. The number of nitrogens with two attached hydrogens (primary N) is 1. The van der Waals surface area contributed by atoms with Crippen LogP contribution in [0.5, 0.6) is 0 Å². The summed E-state index contributed by atoms with van der Waals surface area (Å²) in [4.78, 5) is 0. The van der Waals surface area contributed by atoms with Crippen molar-refractivity contribution in [2.24, 2.45) is 12.9 Å². The lowest BCUT2D eigenvalue weighted by Crippen LogP contribution is -2.29. The first-order valence-electron chi connectivity index (χ1n) is 5.67. The Labute approximate surface area is 111 Å². The molecule has 1 aromatic carbocycles. The van der Waals surface area contributed by atoms with Crippen LogP contribution >= 0.6 is 11.6 Å². The van der Waals surface area contributed by atoms with Gasteiger partial charge in [-0.15, -0.1) is 5.10 Å². The van der Waals surface area contributed by atoms with Crippen LogP contribution < -0.4 is 11.3 Å². The van der Waals surface area contributed by atoms with Crippen molar-refractivity contribution >= 4 is 11.6 Å². The highest BCUT2D eigenvalue weighted by Crippen LogP contribution is 2.22. The second-order valence-corrected chi connectivity index (χ2v) is 4.72. The second-order valence-electron chi connectivity index (χ2n) is 4.32. The summed E-state index contributed by atoms with van der Waals surface area (Å²) in [6.45, 7) is 1.97. The molecule has 0 radical (unpaired) electrons. The van der Waals surface area contributed by atoms with Crippen molar-refractivity contribution in [2.75, 3.05) is 0 Å². The Kier molecular flexibility index (Phi) is 3.96. The topological polar surface area (TPSA) is 68.8 Å². The summed E-state index contributed by atoms with van der Waals surface area (Å²) in [5, 5.41) is 8.72. The zero-order valence-electron chi connectivity index (χ0n) is 10.4. The Morgan fingerprint density at radius 3 is 2.83 bits per heavy atom. The standard InChI is InChI=1S/C12H16ClN5/c1-8-5-9(3-4-11(8)13)12(15-14)6-10-7-18(2)17-16-10/h3-5,7,12,15H,6,14H2,1-2H3. The molecule has 2 rings (SSSR count). The minimum Gasteiger partial charge on any atom is -0.271 e. The molecule has 5 nitrogen and oxygen atoms in total. The first-order valence-corrected chi connectivity index (χ1v) is 6.05. The number of rotatable bonds is 4. The summed E-state index contributed by atoms with van der Waals surface area (Å²) in [6.07, 6.45) is 2.57. The van der Waals surface area contributed by atoms with Crippen LogP contribution in [0.15, 0.2) is 24.4 Å². The first kappa shape index (κ1) is 13.0. The van der Waals surface area contributed by atoms with Crippen LogP contribution in [0.2, 0.25) is 5.02 Å². The fourth-order valence-electron chi connectivity index (χ4n) is 1.86. The van der Waals surface area contributed by atoms with Gasteiger partial charge >= 0.3 is 0 Å². The molecule has 0 saturated heterocycles. The van der Waals surface area contributed by atoms with Crippen LogP contribution in [-0.4, -0.2) is 15.0 Å². The van der Waals surface area contributed by atoms with Gasteiger partial charge < -0.3 is 0 Å². The maximum Gasteiger partial charge on any atom is 0.0846 e. The Morgan fingerprint density at radius 1 is 1.50 bits per heavy atom. The minimum atomic E-state index is -0.00216. The van der Waals surface area contributed by atoms with Crippen molar-refractivity contribution in [3.63, 3.8) is 0 Å². The van der Waals surface area contributed by atoms with Gasteiger partial charge in [-0.05, 0) is 24.1 Å². The fraction of sp³-hybridized carbons (Fsp3) is 0.333. The summed E-state index contributed by atoms with van der Waals surface area (Å²) in [7, 11) is 1.84. The molecule has 0 aliphatic carbocycles. The zero-order valence-corrected chi connectivity index (χ0v) is 11.1. The van der Waals surface area contributed by atoms with Crippen molar-refractivity contribution in [3.8, 4) is 0 Å². The molecule has 0 amide bonds. The van der Waals surface area contributed by atoms with Gasteiger partial charge in [0.1, 0.15) is 0 Å². The Hall–Kier alpha value is -1.43. The second kappa shape index (κ2) is 5.48. The highest BCUT2D eigenvalue weighted by atomic mass is 35.5. The zero-order chi connectivity index (χ0) is 13.1. The molecular weight excluding hydrogens is 250 g/mol. The van der Waals surface area contributed by atoms with Crippen LogP contribution in [0, 0.1) is 6.92 Å². The maximum atomic E-state index is 6.01. The molecule has 6 heteroatoms. The van der Waals surface area contributed by atoms with Gasteiger partial charge in [-0.2, -0.15) is 0 Å². The lowest BCUT2D eigenvalue weighted by atomic mass is 10.0. The van der Waals surface area contributed by atoms with Gasteiger partial charge in [-0.1, -0.05) is 28.9 Å². The van der Waals surface area contributed by atoms with E-state index in [2.05, 4.69) is 15.7 Å². The van der Waals surface area contributed by atoms with Crippen molar-refractivity contribution in [1.29, 1.82) is 0 Å². The molecule has 0 spiro atoms. The number of nitrogens with zero attached hydrogens (tertiary/aromatic N) is 3. The van der Waals surface area contributed by atoms with Gasteiger partial charge in [-0.3, -0.25) is 16.0 Å². The van der Waals surface area contributed by atoms with E-state index in [9.17, 15) is 0 Å². The molecule has 1 atom stereocenters. The third-order valence-electron chi connectivity index (χ3n) is 2.85. The summed E-state index contributed by atoms with van der Waals surface area (Å²) in [6, 6.07) is 5.88. The predicted molar refractivity (Wildman–Crippen MR) is 71.0 cm³/mol. The van der Waals surface area contributed by atoms with E-state index in [4.69, 9.17) is 17.4 Å². The van der Waals surface area contributed by atoms with Crippen LogP contribution in [-0.2, 0) is 13.5 Å². The van der Waals surface area contributed by atoms with Gasteiger partial charge in [0.2, 0.25) is 0 Å². The maximum absolute atomic E-state index is 6.01. The van der Waals surface area contributed by atoms with Crippen LogP contribution in [0.25, 0.3) is 0 Å². The van der Waals surface area contributed by atoms with E-state index in [1.165, 1.54) is 0 Å². The molecule has 3 N–H and O–H groups in total. The van der Waals surface area contributed by atoms with E-state index in [1.54, 1.807) is 4.68 Å². The molecular formula is C12H16ClN5. The van der Waals surface area contributed by atoms with Crippen LogP contribution in [0.1, 0.15) is 22.9 Å². The molecule has 1 heterocycles. The van der Waals surface area contributed by atoms with Gasteiger partial charge in [0.15, 0.2) is 0 Å². The van der Waals surface area contributed by atoms with E-state index < -0.39 is 0 Å².